The lowest BCUT2D eigenvalue weighted by molar-refractivity contribution is 0.328. The van der Waals surface area contributed by atoms with E-state index in [-0.39, 0.29) is 0 Å². The van der Waals surface area contributed by atoms with Crippen LogP contribution < -0.4 is 4.90 Å². The molecular weight excluding hydrogens is 233 g/mol. The third-order valence-electron chi connectivity index (χ3n) is 2.72. The Labute approximate surface area is 99.4 Å². The van der Waals surface area contributed by atoms with E-state index in [9.17, 15) is 0 Å². The number of hydrogen-bond donors (Lipinski definition) is 0. The van der Waals surface area contributed by atoms with Crippen molar-refractivity contribution in [1.82, 2.24) is 9.97 Å². The van der Waals surface area contributed by atoms with Gasteiger partial charge in [0, 0.05) is 19.0 Å². The Morgan fingerprint density at radius 3 is 2.87 bits per heavy atom. The zero-order valence-electron chi connectivity index (χ0n) is 8.53. The molecule has 2 rings (SSSR count). The molecule has 5 heteroatoms. The van der Waals surface area contributed by atoms with Gasteiger partial charge >= 0.3 is 0 Å². The molecule has 0 spiro atoms. The largest absolute Gasteiger partial charge is 0.358 e. The fourth-order valence-electron chi connectivity index (χ4n) is 1.86. The van der Waals surface area contributed by atoms with Gasteiger partial charge in [-0.15, -0.1) is 11.6 Å². The molecule has 1 aromatic heterocycles. The van der Waals surface area contributed by atoms with Crippen molar-refractivity contribution in [2.75, 3.05) is 18.5 Å². The Kier molecular flexibility index (Phi) is 3.32. The second kappa shape index (κ2) is 4.54. The Bertz CT molecular complexity index is 339. The first kappa shape index (κ1) is 11.0. The van der Waals surface area contributed by atoms with Crippen molar-refractivity contribution in [2.45, 2.75) is 18.2 Å². The minimum atomic E-state index is 0.365. The van der Waals surface area contributed by atoms with E-state index in [1.54, 1.807) is 6.20 Å². The van der Waals surface area contributed by atoms with Crippen LogP contribution in [-0.4, -0.2) is 28.9 Å². The Morgan fingerprint density at radius 1 is 1.53 bits per heavy atom. The van der Waals surface area contributed by atoms with Gasteiger partial charge in [-0.2, -0.15) is 0 Å². The smallest absolute Gasteiger partial charge is 0.150 e. The number of nitrogens with zero attached hydrogens (tertiary/aromatic N) is 3. The molecule has 1 saturated carbocycles. The molecule has 1 fully saturated rings. The Balaban J connectivity index is 1.96. The fraction of sp³-hybridized carbons (Fsp3) is 0.600. The minimum absolute atomic E-state index is 0.365. The van der Waals surface area contributed by atoms with Crippen molar-refractivity contribution in [3.8, 4) is 0 Å². The van der Waals surface area contributed by atoms with Gasteiger partial charge in [0.15, 0.2) is 5.82 Å². The summed E-state index contributed by atoms with van der Waals surface area (Å²) in [6.07, 6.45) is 5.32. The minimum Gasteiger partial charge on any atom is -0.358 e. The van der Waals surface area contributed by atoms with E-state index in [1.165, 1.54) is 6.33 Å². The Morgan fingerprint density at radius 2 is 2.27 bits per heavy atom. The summed E-state index contributed by atoms with van der Waals surface area (Å²) in [4.78, 5) is 10.1. The molecule has 3 nitrogen and oxygen atoms in total. The van der Waals surface area contributed by atoms with Gasteiger partial charge in [0.1, 0.15) is 11.3 Å². The summed E-state index contributed by atoms with van der Waals surface area (Å²) in [5.74, 6) is 1.47. The highest BCUT2D eigenvalue weighted by molar-refractivity contribution is 6.32. The molecule has 0 unspecified atom stereocenters. The van der Waals surface area contributed by atoms with Crippen molar-refractivity contribution in [1.29, 1.82) is 0 Å². The van der Waals surface area contributed by atoms with Gasteiger partial charge < -0.3 is 4.90 Å². The van der Waals surface area contributed by atoms with Crippen molar-refractivity contribution < 1.29 is 0 Å². The molecule has 0 aromatic carbocycles. The predicted molar refractivity (Wildman–Crippen MR) is 62.7 cm³/mol. The second-order valence-electron chi connectivity index (χ2n) is 4.01. The van der Waals surface area contributed by atoms with E-state index in [0.717, 1.165) is 25.2 Å². The summed E-state index contributed by atoms with van der Waals surface area (Å²) >= 11 is 11.9. The summed E-state index contributed by atoms with van der Waals surface area (Å²) < 4.78 is 0. The van der Waals surface area contributed by atoms with Gasteiger partial charge in [0.05, 0.1) is 6.20 Å². The molecule has 1 heterocycles. The molecule has 1 aliphatic carbocycles. The van der Waals surface area contributed by atoms with Crippen LogP contribution in [0.3, 0.4) is 0 Å². The molecule has 15 heavy (non-hydrogen) atoms. The summed E-state index contributed by atoms with van der Waals surface area (Å²) in [7, 11) is 2.00. The molecule has 0 atom stereocenters. The molecule has 1 aliphatic rings. The first-order valence-corrected chi connectivity index (χ1v) is 5.79. The maximum atomic E-state index is 6.00. The molecule has 82 valence electrons. The van der Waals surface area contributed by atoms with Crippen molar-refractivity contribution >= 4 is 29.0 Å². The number of halogens is 2. The highest BCUT2D eigenvalue weighted by Crippen LogP contribution is 2.33. The number of rotatable bonds is 3. The van der Waals surface area contributed by atoms with E-state index in [1.807, 2.05) is 7.05 Å². The summed E-state index contributed by atoms with van der Waals surface area (Å²) in [5.41, 5.74) is 0. The zero-order valence-corrected chi connectivity index (χ0v) is 10.0. The van der Waals surface area contributed by atoms with Crippen LogP contribution >= 0.6 is 23.2 Å². The van der Waals surface area contributed by atoms with Crippen LogP contribution in [0.2, 0.25) is 5.02 Å². The van der Waals surface area contributed by atoms with E-state index < -0.39 is 0 Å². The summed E-state index contributed by atoms with van der Waals surface area (Å²) in [6, 6.07) is 0. The van der Waals surface area contributed by atoms with Gasteiger partial charge in [-0.1, -0.05) is 11.6 Å². The number of hydrogen-bond acceptors (Lipinski definition) is 3. The quantitative estimate of drug-likeness (QED) is 0.767. The van der Waals surface area contributed by atoms with Crippen LogP contribution in [0, 0.1) is 5.92 Å². The second-order valence-corrected chi connectivity index (χ2v) is 5.03. The predicted octanol–water partition coefficient (Wildman–Crippen LogP) is 2.58. The van der Waals surface area contributed by atoms with Gasteiger partial charge in [-0.3, -0.25) is 0 Å². The van der Waals surface area contributed by atoms with Crippen LogP contribution in [0.25, 0.3) is 0 Å². The third-order valence-corrected chi connectivity index (χ3v) is 3.34. The lowest BCUT2D eigenvalue weighted by Gasteiger charge is -2.34. The molecule has 0 amide bonds. The molecule has 1 aromatic rings. The maximum absolute atomic E-state index is 6.00. The average molecular weight is 246 g/mol. The van der Waals surface area contributed by atoms with Crippen LogP contribution in [0.5, 0.6) is 0 Å². The van der Waals surface area contributed by atoms with E-state index in [0.29, 0.717) is 16.3 Å². The lowest BCUT2D eigenvalue weighted by Crippen LogP contribution is -2.35. The first-order valence-electron chi connectivity index (χ1n) is 4.97. The lowest BCUT2D eigenvalue weighted by atomic mass is 9.84. The summed E-state index contributed by atoms with van der Waals surface area (Å²) in [5, 5.41) is 0.964. The van der Waals surface area contributed by atoms with Crippen LogP contribution in [0.4, 0.5) is 5.82 Å². The van der Waals surface area contributed by atoms with E-state index in [4.69, 9.17) is 23.2 Å². The van der Waals surface area contributed by atoms with E-state index >= 15 is 0 Å². The van der Waals surface area contributed by atoms with Crippen molar-refractivity contribution in [3.05, 3.63) is 17.5 Å². The van der Waals surface area contributed by atoms with Crippen molar-refractivity contribution in [2.24, 2.45) is 5.92 Å². The molecule has 0 saturated heterocycles. The fourth-order valence-corrected chi connectivity index (χ4v) is 2.62. The number of anilines is 1. The molecule has 0 N–H and O–H groups in total. The van der Waals surface area contributed by atoms with Crippen LogP contribution in [0.15, 0.2) is 12.5 Å². The highest BCUT2D eigenvalue weighted by Gasteiger charge is 2.28. The Hall–Kier alpha value is -0.540. The number of aromatic nitrogens is 2. The zero-order chi connectivity index (χ0) is 10.8. The van der Waals surface area contributed by atoms with Gasteiger partial charge in [-0.25, -0.2) is 9.97 Å². The average Bonchev–Trinajstić information content (AvgIpc) is 2.16. The van der Waals surface area contributed by atoms with E-state index in [2.05, 4.69) is 14.9 Å². The van der Waals surface area contributed by atoms with Gasteiger partial charge in [-0.05, 0) is 18.8 Å². The number of alkyl halides is 1. The molecule has 0 aliphatic heterocycles. The van der Waals surface area contributed by atoms with Gasteiger partial charge in [0.25, 0.3) is 0 Å². The highest BCUT2D eigenvalue weighted by atomic mass is 35.5. The third kappa shape index (κ3) is 2.52. The topological polar surface area (TPSA) is 29.0 Å². The van der Waals surface area contributed by atoms with Crippen LogP contribution in [0.1, 0.15) is 12.8 Å². The van der Waals surface area contributed by atoms with Crippen molar-refractivity contribution in [3.63, 3.8) is 0 Å². The first-order chi connectivity index (χ1) is 7.16. The van der Waals surface area contributed by atoms with Crippen LogP contribution in [-0.2, 0) is 0 Å². The SMILES string of the molecule is CN(CC1CC(Cl)C1)c1ncncc1Cl. The molecular formula is C10H13Cl2N3. The normalized spacial score (nSPS) is 24.7. The maximum Gasteiger partial charge on any atom is 0.150 e. The standard InChI is InChI=1S/C10H13Cl2N3/c1-15(5-7-2-8(11)3-7)10-9(12)4-13-6-14-10/h4,6-8H,2-3,5H2,1H3. The molecule has 0 radical (unpaired) electrons. The summed E-state index contributed by atoms with van der Waals surface area (Å²) in [6.45, 7) is 0.958. The van der Waals surface area contributed by atoms with Gasteiger partial charge in [0.2, 0.25) is 0 Å². The monoisotopic (exact) mass is 245 g/mol. The molecule has 0 bridgehead atoms.